The van der Waals surface area contributed by atoms with E-state index in [0.29, 0.717) is 15.6 Å². The van der Waals surface area contributed by atoms with E-state index in [1.807, 2.05) is 0 Å². The van der Waals surface area contributed by atoms with Crippen LogP contribution in [0, 0.1) is 0 Å². The number of aromatic nitrogens is 2. The van der Waals surface area contributed by atoms with Gasteiger partial charge in [-0.1, -0.05) is 29.3 Å². The molecule has 0 saturated heterocycles. The van der Waals surface area contributed by atoms with Crippen molar-refractivity contribution in [3.05, 3.63) is 39.1 Å². The monoisotopic (exact) mass is 342 g/mol. The fourth-order valence-corrected chi connectivity index (χ4v) is 4.14. The Balaban J connectivity index is 2.33. The van der Waals surface area contributed by atoms with E-state index < -0.39 is 9.84 Å². The second-order valence-corrected chi connectivity index (χ2v) is 7.42. The molecule has 2 rings (SSSR count). The molecule has 0 bridgehead atoms. The van der Waals surface area contributed by atoms with E-state index in [1.165, 1.54) is 6.07 Å². The minimum Gasteiger partial charge on any atom is -0.221 e. The zero-order valence-corrected chi connectivity index (χ0v) is 12.5. The fraction of sp³-hybridized carbons (Fsp3) is 0.111. The Kier molecular flexibility index (Phi) is 4.13. The maximum absolute atomic E-state index is 12.0. The molecular weight excluding hydrogens is 339 g/mol. The maximum Gasteiger partial charge on any atom is 0.235 e. The van der Waals surface area contributed by atoms with Crippen molar-refractivity contribution in [2.24, 2.45) is 0 Å². The van der Waals surface area contributed by atoms with Crippen LogP contribution in [0.3, 0.4) is 0 Å². The van der Waals surface area contributed by atoms with Gasteiger partial charge in [-0.2, -0.15) is 9.36 Å². The zero-order chi connectivity index (χ0) is 13.3. The lowest BCUT2D eigenvalue weighted by molar-refractivity contribution is 0.594. The molecule has 0 aliphatic rings. The third kappa shape index (κ3) is 3.13. The van der Waals surface area contributed by atoms with E-state index in [2.05, 4.69) is 9.36 Å². The van der Waals surface area contributed by atoms with Gasteiger partial charge in [-0.25, -0.2) is 8.42 Å². The molecular formula is C9H5Cl3N2O2S2. The van der Waals surface area contributed by atoms with Gasteiger partial charge in [0.15, 0.2) is 0 Å². The lowest BCUT2D eigenvalue weighted by Gasteiger charge is -2.03. The summed E-state index contributed by atoms with van der Waals surface area (Å²) < 4.78 is 27.5. The number of hydrogen-bond acceptors (Lipinski definition) is 5. The van der Waals surface area contributed by atoms with Crippen LogP contribution in [0.2, 0.25) is 15.3 Å². The molecule has 9 heteroatoms. The molecule has 4 nitrogen and oxygen atoms in total. The van der Waals surface area contributed by atoms with Crippen LogP contribution in [-0.4, -0.2) is 17.8 Å². The molecule has 0 aliphatic heterocycles. The Morgan fingerprint density at radius 3 is 2.50 bits per heavy atom. The topological polar surface area (TPSA) is 59.9 Å². The van der Waals surface area contributed by atoms with Gasteiger partial charge < -0.3 is 0 Å². The predicted octanol–water partition coefficient (Wildman–Crippen LogP) is 3.47. The normalized spacial score (nSPS) is 11.7. The molecule has 0 saturated carbocycles. The summed E-state index contributed by atoms with van der Waals surface area (Å²) in [5.41, 5.74) is 0.451. The summed E-state index contributed by atoms with van der Waals surface area (Å²) in [5.74, 6) is -0.269. The first-order chi connectivity index (χ1) is 8.38. The van der Waals surface area contributed by atoms with Crippen LogP contribution in [0.1, 0.15) is 5.56 Å². The molecule has 0 spiro atoms. The van der Waals surface area contributed by atoms with Gasteiger partial charge in [-0.05, 0) is 40.8 Å². The molecule has 0 fully saturated rings. The first-order valence-electron chi connectivity index (χ1n) is 4.54. The Bertz CT molecular complexity index is 685. The van der Waals surface area contributed by atoms with E-state index in [9.17, 15) is 8.42 Å². The average molecular weight is 344 g/mol. The summed E-state index contributed by atoms with van der Waals surface area (Å²) in [6.45, 7) is 0. The van der Waals surface area contributed by atoms with E-state index in [0.717, 1.165) is 11.5 Å². The van der Waals surface area contributed by atoms with E-state index in [4.69, 9.17) is 34.8 Å². The van der Waals surface area contributed by atoms with E-state index in [-0.39, 0.29) is 15.4 Å². The van der Waals surface area contributed by atoms with Crippen LogP contribution in [0.4, 0.5) is 0 Å². The summed E-state index contributed by atoms with van der Waals surface area (Å²) in [5, 5.41) is 0.655. The fourth-order valence-electron chi connectivity index (χ4n) is 1.22. The lowest BCUT2D eigenvalue weighted by atomic mass is 10.2. The minimum absolute atomic E-state index is 0.0826. The number of benzene rings is 1. The Morgan fingerprint density at radius 1 is 1.22 bits per heavy atom. The SMILES string of the molecule is O=S(=O)(Cc1ccc(Cl)cc1Cl)c1nc(Cl)ns1. The molecule has 0 atom stereocenters. The van der Waals surface area contributed by atoms with Crippen molar-refractivity contribution >= 4 is 56.2 Å². The van der Waals surface area contributed by atoms with Crippen LogP contribution < -0.4 is 0 Å². The maximum atomic E-state index is 12.0. The van der Waals surface area contributed by atoms with Crippen molar-refractivity contribution < 1.29 is 8.42 Å². The molecule has 0 radical (unpaired) electrons. The number of sulfone groups is 1. The van der Waals surface area contributed by atoms with Crippen LogP contribution in [-0.2, 0) is 15.6 Å². The third-order valence-corrected chi connectivity index (χ3v) is 5.68. The van der Waals surface area contributed by atoms with Crippen LogP contribution in [0.5, 0.6) is 0 Å². The van der Waals surface area contributed by atoms with Crippen LogP contribution in [0.25, 0.3) is 0 Å². The Morgan fingerprint density at radius 2 is 1.94 bits per heavy atom. The molecule has 1 heterocycles. The lowest BCUT2D eigenvalue weighted by Crippen LogP contribution is -2.05. The Labute approximate surface area is 123 Å². The summed E-state index contributed by atoms with van der Waals surface area (Å²) in [4.78, 5) is 3.64. The summed E-state index contributed by atoms with van der Waals surface area (Å²) in [6, 6.07) is 4.62. The predicted molar refractivity (Wildman–Crippen MR) is 72.3 cm³/mol. The molecule has 0 unspecified atom stereocenters. The highest BCUT2D eigenvalue weighted by Gasteiger charge is 2.21. The van der Waals surface area contributed by atoms with Crippen molar-refractivity contribution in [1.82, 2.24) is 9.36 Å². The molecule has 1 aromatic heterocycles. The first kappa shape index (κ1) is 14.0. The summed E-state index contributed by atoms with van der Waals surface area (Å²) in [6.07, 6.45) is 0. The molecule has 18 heavy (non-hydrogen) atoms. The quantitative estimate of drug-likeness (QED) is 0.856. The van der Waals surface area contributed by atoms with Crippen LogP contribution in [0.15, 0.2) is 22.5 Å². The van der Waals surface area contributed by atoms with E-state index in [1.54, 1.807) is 12.1 Å². The second-order valence-electron chi connectivity index (χ2n) is 3.32. The van der Waals surface area contributed by atoms with E-state index >= 15 is 0 Å². The minimum atomic E-state index is -3.59. The van der Waals surface area contributed by atoms with Crippen molar-refractivity contribution in [1.29, 1.82) is 0 Å². The first-order valence-corrected chi connectivity index (χ1v) is 8.10. The number of rotatable bonds is 3. The molecule has 1 aromatic carbocycles. The molecule has 96 valence electrons. The summed E-state index contributed by atoms with van der Waals surface area (Å²) in [7, 11) is -3.59. The smallest absolute Gasteiger partial charge is 0.221 e. The second kappa shape index (κ2) is 5.30. The average Bonchev–Trinajstić information content (AvgIpc) is 2.70. The highest BCUT2D eigenvalue weighted by atomic mass is 35.5. The van der Waals surface area contributed by atoms with Crippen molar-refractivity contribution in [3.63, 3.8) is 0 Å². The van der Waals surface area contributed by atoms with Crippen molar-refractivity contribution in [2.75, 3.05) is 0 Å². The standard InChI is InChI=1S/C9H5Cl3N2O2S2/c10-6-2-1-5(7(11)3-6)4-18(15,16)9-13-8(12)14-17-9/h1-3H,4H2. The largest absolute Gasteiger partial charge is 0.235 e. The van der Waals surface area contributed by atoms with Gasteiger partial charge >= 0.3 is 0 Å². The van der Waals surface area contributed by atoms with Crippen LogP contribution >= 0.6 is 46.3 Å². The van der Waals surface area contributed by atoms with Crippen molar-refractivity contribution in [3.8, 4) is 0 Å². The molecule has 0 N–H and O–H groups in total. The molecule has 0 aliphatic carbocycles. The van der Waals surface area contributed by atoms with Gasteiger partial charge in [0.25, 0.3) is 0 Å². The zero-order valence-electron chi connectivity index (χ0n) is 8.60. The number of hydrogen-bond donors (Lipinski definition) is 0. The Hall–Kier alpha value is -0.400. The summed E-state index contributed by atoms with van der Waals surface area (Å²) >= 11 is 17.9. The van der Waals surface area contributed by atoms with Gasteiger partial charge in [0.05, 0.1) is 5.75 Å². The van der Waals surface area contributed by atoms with Crippen molar-refractivity contribution in [2.45, 2.75) is 10.1 Å². The number of halogens is 3. The van der Waals surface area contributed by atoms with Gasteiger partial charge in [0, 0.05) is 10.0 Å². The van der Waals surface area contributed by atoms with Gasteiger partial charge in [0.2, 0.25) is 19.5 Å². The van der Waals surface area contributed by atoms with Gasteiger partial charge in [-0.3, -0.25) is 0 Å². The molecule has 0 amide bonds. The highest BCUT2D eigenvalue weighted by molar-refractivity contribution is 7.92. The highest BCUT2D eigenvalue weighted by Crippen LogP contribution is 2.26. The van der Waals surface area contributed by atoms with Gasteiger partial charge in [0.1, 0.15) is 0 Å². The van der Waals surface area contributed by atoms with Gasteiger partial charge in [-0.15, -0.1) is 0 Å². The number of nitrogens with zero attached hydrogens (tertiary/aromatic N) is 2. The molecule has 2 aromatic rings. The third-order valence-electron chi connectivity index (χ3n) is 2.01.